The minimum absolute atomic E-state index is 0.0489. The van der Waals surface area contributed by atoms with Crippen molar-refractivity contribution in [3.63, 3.8) is 0 Å². The second-order valence-corrected chi connectivity index (χ2v) is 8.77. The van der Waals surface area contributed by atoms with Crippen molar-refractivity contribution in [3.8, 4) is 0 Å². The maximum atomic E-state index is 12.7. The van der Waals surface area contributed by atoms with E-state index in [4.69, 9.17) is 27.9 Å². The van der Waals surface area contributed by atoms with E-state index in [0.29, 0.717) is 38.5 Å². The number of hydrogen-bond acceptors (Lipinski definition) is 5. The molecule has 0 spiro atoms. The molecule has 1 aromatic carbocycles. The number of carbonyl (C=O) groups is 3. The van der Waals surface area contributed by atoms with Crippen LogP contribution in [0, 0.1) is 5.92 Å². The van der Waals surface area contributed by atoms with Gasteiger partial charge in [0, 0.05) is 25.3 Å². The lowest BCUT2D eigenvalue weighted by atomic mass is 10.1. The fraction of sp³-hybridized carbons (Fsp3) is 0.429. The number of piperidine rings is 1. The molecule has 1 aromatic heterocycles. The van der Waals surface area contributed by atoms with E-state index in [9.17, 15) is 14.4 Å². The second kappa shape index (κ2) is 9.79. The number of nitrogens with one attached hydrogen (secondary N) is 3. The van der Waals surface area contributed by atoms with Crippen LogP contribution in [-0.4, -0.2) is 58.7 Å². The molecule has 1 aliphatic heterocycles. The summed E-state index contributed by atoms with van der Waals surface area (Å²) in [6, 6.07) is 4.63. The SMILES string of the molecule is O=C(NC1CCN(C(=O)OCC2CC2)CC1)c1n[nH]cc1NC(=O)c1c(Cl)cccc1Cl. The molecule has 2 heterocycles. The van der Waals surface area contributed by atoms with Crippen LogP contribution in [0.5, 0.6) is 0 Å². The molecule has 3 N–H and O–H groups in total. The Balaban J connectivity index is 1.31. The molecule has 2 aromatic rings. The molecule has 2 aliphatic rings. The van der Waals surface area contributed by atoms with Crippen LogP contribution in [0.4, 0.5) is 10.5 Å². The van der Waals surface area contributed by atoms with Crippen LogP contribution >= 0.6 is 23.2 Å². The Labute approximate surface area is 194 Å². The van der Waals surface area contributed by atoms with Crippen LogP contribution in [0.1, 0.15) is 46.5 Å². The van der Waals surface area contributed by atoms with Crippen molar-refractivity contribution in [2.45, 2.75) is 31.7 Å². The standard InChI is InChI=1S/C21H23Cl2N5O4/c22-14-2-1-3-15(23)17(14)19(29)26-16-10-24-27-18(16)20(30)25-13-6-8-28(9-7-13)21(31)32-11-12-4-5-12/h1-3,10,12-13H,4-9,11H2,(H,24,27)(H,25,30)(H,26,29). The number of H-pyrrole nitrogens is 1. The number of nitrogens with zero attached hydrogens (tertiary/aromatic N) is 2. The number of hydrogen-bond donors (Lipinski definition) is 3. The highest BCUT2D eigenvalue weighted by atomic mass is 35.5. The summed E-state index contributed by atoms with van der Waals surface area (Å²) in [6.45, 7) is 1.50. The fourth-order valence-electron chi connectivity index (χ4n) is 3.48. The Bertz CT molecular complexity index is 995. The Hall–Kier alpha value is -2.78. The molecule has 170 valence electrons. The highest BCUT2D eigenvalue weighted by molar-refractivity contribution is 6.40. The summed E-state index contributed by atoms with van der Waals surface area (Å²) >= 11 is 12.2. The van der Waals surface area contributed by atoms with Gasteiger partial charge in [-0.3, -0.25) is 14.7 Å². The lowest BCUT2D eigenvalue weighted by Crippen LogP contribution is -2.47. The number of aromatic amines is 1. The third-order valence-corrected chi connectivity index (χ3v) is 6.15. The van der Waals surface area contributed by atoms with Gasteiger partial charge in [-0.1, -0.05) is 29.3 Å². The van der Waals surface area contributed by atoms with Gasteiger partial charge < -0.3 is 20.3 Å². The number of carbonyl (C=O) groups excluding carboxylic acids is 3. The quantitative estimate of drug-likeness (QED) is 0.583. The molecule has 0 atom stereocenters. The number of likely N-dealkylation sites (tertiary alicyclic amines) is 1. The number of aromatic nitrogens is 2. The van der Waals surface area contributed by atoms with Gasteiger partial charge in [-0.25, -0.2) is 4.79 Å². The molecule has 0 bridgehead atoms. The third-order valence-electron chi connectivity index (χ3n) is 5.52. The summed E-state index contributed by atoms with van der Waals surface area (Å²) in [4.78, 5) is 39.1. The van der Waals surface area contributed by atoms with Crippen molar-refractivity contribution < 1.29 is 19.1 Å². The molecule has 2 fully saturated rings. The number of halogens is 2. The van der Waals surface area contributed by atoms with Gasteiger partial charge in [0.1, 0.15) is 0 Å². The fourth-order valence-corrected chi connectivity index (χ4v) is 4.05. The van der Waals surface area contributed by atoms with Gasteiger partial charge in [-0.05, 0) is 43.7 Å². The van der Waals surface area contributed by atoms with Gasteiger partial charge in [0.15, 0.2) is 5.69 Å². The first-order chi connectivity index (χ1) is 15.4. The van der Waals surface area contributed by atoms with E-state index < -0.39 is 11.8 Å². The molecule has 0 radical (unpaired) electrons. The van der Waals surface area contributed by atoms with E-state index >= 15 is 0 Å². The zero-order chi connectivity index (χ0) is 22.7. The average Bonchev–Trinajstić information content (AvgIpc) is 3.49. The zero-order valence-electron chi connectivity index (χ0n) is 17.2. The minimum atomic E-state index is -0.547. The average molecular weight is 480 g/mol. The smallest absolute Gasteiger partial charge is 0.409 e. The molecule has 9 nitrogen and oxygen atoms in total. The van der Waals surface area contributed by atoms with E-state index in [2.05, 4.69) is 20.8 Å². The van der Waals surface area contributed by atoms with Gasteiger partial charge in [-0.2, -0.15) is 5.10 Å². The molecular weight excluding hydrogens is 457 g/mol. The van der Waals surface area contributed by atoms with Gasteiger partial charge in [-0.15, -0.1) is 0 Å². The van der Waals surface area contributed by atoms with E-state index in [1.807, 2.05) is 0 Å². The van der Waals surface area contributed by atoms with Gasteiger partial charge in [0.25, 0.3) is 11.8 Å². The highest BCUT2D eigenvalue weighted by Gasteiger charge is 2.29. The predicted molar refractivity (Wildman–Crippen MR) is 119 cm³/mol. The van der Waals surface area contributed by atoms with Crippen molar-refractivity contribution >= 4 is 46.8 Å². The van der Waals surface area contributed by atoms with Gasteiger partial charge >= 0.3 is 6.09 Å². The van der Waals surface area contributed by atoms with E-state index in [1.165, 1.54) is 6.20 Å². The first-order valence-electron chi connectivity index (χ1n) is 10.4. The lowest BCUT2D eigenvalue weighted by Gasteiger charge is -2.31. The Morgan fingerprint density at radius 1 is 1.09 bits per heavy atom. The Morgan fingerprint density at radius 3 is 2.44 bits per heavy atom. The minimum Gasteiger partial charge on any atom is -0.449 e. The molecule has 32 heavy (non-hydrogen) atoms. The first kappa shape index (κ1) is 22.4. The molecule has 3 amide bonds. The molecule has 4 rings (SSSR count). The first-order valence-corrected chi connectivity index (χ1v) is 11.2. The van der Waals surface area contributed by atoms with E-state index in [0.717, 1.165) is 12.8 Å². The maximum absolute atomic E-state index is 12.7. The molecule has 0 unspecified atom stereocenters. The summed E-state index contributed by atoms with van der Waals surface area (Å²) in [5.74, 6) is -0.455. The molecular formula is C21H23Cl2N5O4. The van der Waals surface area contributed by atoms with E-state index in [-0.39, 0.29) is 39.1 Å². The van der Waals surface area contributed by atoms with Crippen molar-refractivity contribution in [3.05, 3.63) is 45.7 Å². The van der Waals surface area contributed by atoms with Crippen LogP contribution in [0.25, 0.3) is 0 Å². The van der Waals surface area contributed by atoms with Crippen molar-refractivity contribution in [1.29, 1.82) is 0 Å². The topological polar surface area (TPSA) is 116 Å². The molecule has 1 saturated heterocycles. The number of benzene rings is 1. The van der Waals surface area contributed by atoms with Crippen LogP contribution in [0.3, 0.4) is 0 Å². The van der Waals surface area contributed by atoms with E-state index in [1.54, 1.807) is 23.1 Å². The number of rotatable bonds is 6. The van der Waals surface area contributed by atoms with Crippen molar-refractivity contribution in [2.24, 2.45) is 5.92 Å². The van der Waals surface area contributed by atoms with Crippen molar-refractivity contribution in [2.75, 3.05) is 25.0 Å². The maximum Gasteiger partial charge on any atom is 0.409 e. The summed E-state index contributed by atoms with van der Waals surface area (Å²) in [6.07, 6.45) is 4.58. The number of anilines is 1. The summed E-state index contributed by atoms with van der Waals surface area (Å²) in [5, 5.41) is 12.5. The predicted octanol–water partition coefficient (Wildman–Crippen LogP) is 3.71. The Kier molecular flexibility index (Phi) is 6.86. The van der Waals surface area contributed by atoms with Crippen LogP contribution < -0.4 is 10.6 Å². The summed E-state index contributed by atoms with van der Waals surface area (Å²) in [5.41, 5.74) is 0.377. The number of ether oxygens (including phenoxy) is 1. The third kappa shape index (κ3) is 5.34. The van der Waals surface area contributed by atoms with Crippen LogP contribution in [-0.2, 0) is 4.74 Å². The largest absolute Gasteiger partial charge is 0.449 e. The monoisotopic (exact) mass is 479 g/mol. The summed E-state index contributed by atoms with van der Waals surface area (Å²) in [7, 11) is 0. The Morgan fingerprint density at radius 2 is 1.78 bits per heavy atom. The second-order valence-electron chi connectivity index (χ2n) is 7.95. The highest BCUT2D eigenvalue weighted by Crippen LogP contribution is 2.29. The summed E-state index contributed by atoms with van der Waals surface area (Å²) < 4.78 is 5.31. The van der Waals surface area contributed by atoms with Crippen molar-refractivity contribution in [1.82, 2.24) is 20.4 Å². The van der Waals surface area contributed by atoms with Gasteiger partial charge in [0.2, 0.25) is 0 Å². The molecule has 1 saturated carbocycles. The molecule has 11 heteroatoms. The normalized spacial score (nSPS) is 16.5. The zero-order valence-corrected chi connectivity index (χ0v) is 18.7. The molecule has 1 aliphatic carbocycles. The van der Waals surface area contributed by atoms with Gasteiger partial charge in [0.05, 0.1) is 27.9 Å². The lowest BCUT2D eigenvalue weighted by molar-refractivity contribution is 0.0820. The van der Waals surface area contributed by atoms with Crippen LogP contribution in [0.2, 0.25) is 10.0 Å². The van der Waals surface area contributed by atoms with Crippen LogP contribution in [0.15, 0.2) is 24.4 Å². The number of amides is 3.